The zero-order valence-corrected chi connectivity index (χ0v) is 7.46. The van der Waals surface area contributed by atoms with Crippen molar-refractivity contribution in [2.24, 2.45) is 0 Å². The molecule has 4 nitrogen and oxygen atoms in total. The Labute approximate surface area is 116 Å². The molecule has 0 aromatic rings. The Kier molecular flexibility index (Phi) is 18.4. The predicted octanol–water partition coefficient (Wildman–Crippen LogP) is 0.967. The summed E-state index contributed by atoms with van der Waals surface area (Å²) in [6.45, 7) is 8.61. The van der Waals surface area contributed by atoms with Gasteiger partial charge in [-0.15, -0.1) is 0 Å². The monoisotopic (exact) mass is 203 g/mol. The van der Waals surface area contributed by atoms with Crippen LogP contribution in [0.15, 0.2) is 0 Å². The fourth-order valence-corrected chi connectivity index (χ4v) is 0.667. The van der Waals surface area contributed by atoms with Crippen LogP contribution >= 0.6 is 0 Å². The maximum absolute atomic E-state index is 8.56. The van der Waals surface area contributed by atoms with Crippen molar-refractivity contribution in [3.05, 3.63) is 0 Å². The third-order valence-electron chi connectivity index (χ3n) is 0.667. The summed E-state index contributed by atoms with van der Waals surface area (Å²) in [5, 5.41) is 17.2. The van der Waals surface area contributed by atoms with E-state index >= 15 is 0 Å². The van der Waals surface area contributed by atoms with Crippen molar-refractivity contribution >= 4 is 57.5 Å². The SMILES string of the molecule is CC(C)NC(C)C.O=C(O)O.[KH]. The van der Waals surface area contributed by atoms with Gasteiger partial charge < -0.3 is 15.5 Å². The maximum atomic E-state index is 8.56. The van der Waals surface area contributed by atoms with Gasteiger partial charge >= 0.3 is 57.5 Å². The molecule has 0 fully saturated rings. The van der Waals surface area contributed by atoms with E-state index in [0.29, 0.717) is 12.1 Å². The quantitative estimate of drug-likeness (QED) is 0.585. The molecular weight excluding hydrogens is 185 g/mol. The number of nitrogens with one attached hydrogen (secondary N) is 1. The van der Waals surface area contributed by atoms with Crippen LogP contribution in [-0.4, -0.2) is 79.8 Å². The Morgan fingerprint density at radius 2 is 1.25 bits per heavy atom. The molecule has 0 saturated carbocycles. The van der Waals surface area contributed by atoms with Gasteiger partial charge in [0.05, 0.1) is 0 Å². The van der Waals surface area contributed by atoms with E-state index < -0.39 is 6.16 Å². The Hall–Kier alpha value is 0.866. The van der Waals surface area contributed by atoms with E-state index in [0.717, 1.165) is 0 Å². The van der Waals surface area contributed by atoms with Crippen LogP contribution in [0, 0.1) is 0 Å². The minimum atomic E-state index is -1.83. The van der Waals surface area contributed by atoms with Gasteiger partial charge in [0, 0.05) is 12.1 Å². The van der Waals surface area contributed by atoms with E-state index in [1.165, 1.54) is 0 Å². The van der Waals surface area contributed by atoms with Crippen LogP contribution in [0.2, 0.25) is 0 Å². The standard InChI is InChI=1S/C6H15N.CH2O3.K.H/c1-5(2)7-6(3)4;2-1(3)4;;/h5-7H,1-4H3;(H2,2,3,4);;. The predicted molar refractivity (Wildman–Crippen MR) is 51.2 cm³/mol. The molecule has 0 aliphatic rings. The average Bonchev–Trinajstić information content (AvgIpc) is 1.56. The van der Waals surface area contributed by atoms with E-state index in [-0.39, 0.29) is 51.4 Å². The van der Waals surface area contributed by atoms with Gasteiger partial charge in [-0.1, -0.05) is 27.7 Å². The Morgan fingerprint density at radius 3 is 1.25 bits per heavy atom. The second-order valence-corrected chi connectivity index (χ2v) is 2.76. The Bertz CT molecular complexity index is 96.8. The molecule has 0 saturated heterocycles. The van der Waals surface area contributed by atoms with Crippen molar-refractivity contribution in [2.45, 2.75) is 39.8 Å². The molecule has 0 aliphatic heterocycles. The fourth-order valence-electron chi connectivity index (χ4n) is 0.667. The number of carbonyl (C=O) groups is 1. The van der Waals surface area contributed by atoms with Crippen LogP contribution in [0.5, 0.6) is 0 Å². The van der Waals surface area contributed by atoms with E-state index in [2.05, 4.69) is 33.0 Å². The van der Waals surface area contributed by atoms with Crippen molar-refractivity contribution in [1.29, 1.82) is 0 Å². The van der Waals surface area contributed by atoms with Gasteiger partial charge in [0.2, 0.25) is 0 Å². The molecular formula is C7H18KNO3. The molecule has 0 atom stereocenters. The van der Waals surface area contributed by atoms with Crippen LogP contribution < -0.4 is 5.32 Å². The van der Waals surface area contributed by atoms with Crippen molar-refractivity contribution < 1.29 is 15.0 Å². The molecule has 0 amide bonds. The summed E-state index contributed by atoms with van der Waals surface area (Å²) < 4.78 is 0. The first kappa shape index (κ1) is 18.6. The number of carboxylic acid groups (broad SMARTS) is 2. The summed E-state index contributed by atoms with van der Waals surface area (Å²) in [6, 6.07) is 1.25. The normalized spacial score (nSPS) is 8.50. The van der Waals surface area contributed by atoms with Crippen molar-refractivity contribution in [3.8, 4) is 0 Å². The van der Waals surface area contributed by atoms with Gasteiger partial charge in [0.25, 0.3) is 0 Å². The molecule has 0 heterocycles. The van der Waals surface area contributed by atoms with Gasteiger partial charge in [0.1, 0.15) is 0 Å². The molecule has 3 N–H and O–H groups in total. The van der Waals surface area contributed by atoms with E-state index in [9.17, 15) is 0 Å². The van der Waals surface area contributed by atoms with Crippen molar-refractivity contribution in [1.82, 2.24) is 5.32 Å². The van der Waals surface area contributed by atoms with E-state index in [1.54, 1.807) is 0 Å². The van der Waals surface area contributed by atoms with Crippen LogP contribution in [0.25, 0.3) is 0 Å². The zero-order valence-electron chi connectivity index (χ0n) is 7.46. The van der Waals surface area contributed by atoms with Gasteiger partial charge in [-0.3, -0.25) is 0 Å². The van der Waals surface area contributed by atoms with Crippen molar-refractivity contribution in [2.75, 3.05) is 0 Å². The summed E-state index contributed by atoms with van der Waals surface area (Å²) in [5.41, 5.74) is 0. The minimum absolute atomic E-state index is 0. The second-order valence-electron chi connectivity index (χ2n) is 2.76. The Balaban J connectivity index is -0.000000142. The van der Waals surface area contributed by atoms with Gasteiger partial charge in [-0.25, -0.2) is 4.79 Å². The molecule has 0 aliphatic carbocycles. The van der Waals surface area contributed by atoms with Crippen LogP contribution in [-0.2, 0) is 0 Å². The number of hydrogen-bond donors (Lipinski definition) is 3. The number of rotatable bonds is 2. The number of hydrogen-bond acceptors (Lipinski definition) is 2. The van der Waals surface area contributed by atoms with Crippen LogP contribution in [0.1, 0.15) is 27.7 Å². The van der Waals surface area contributed by atoms with Gasteiger partial charge in [0.15, 0.2) is 0 Å². The molecule has 12 heavy (non-hydrogen) atoms. The first-order chi connectivity index (χ1) is 4.86. The zero-order chi connectivity index (χ0) is 9.44. The molecule has 0 unspecified atom stereocenters. The molecule has 0 aromatic carbocycles. The summed E-state index contributed by atoms with van der Waals surface area (Å²) >= 11 is 0. The fraction of sp³-hybridized carbons (Fsp3) is 0.857. The molecule has 0 bridgehead atoms. The summed E-state index contributed by atoms with van der Waals surface area (Å²) in [4.78, 5) is 8.56. The van der Waals surface area contributed by atoms with E-state index in [1.807, 2.05) is 0 Å². The Morgan fingerprint density at radius 1 is 1.08 bits per heavy atom. The average molecular weight is 203 g/mol. The summed E-state index contributed by atoms with van der Waals surface area (Å²) in [6.07, 6.45) is -1.83. The summed E-state index contributed by atoms with van der Waals surface area (Å²) in [7, 11) is 0. The molecule has 0 aromatic heterocycles. The first-order valence-electron chi connectivity index (χ1n) is 3.54. The third kappa shape index (κ3) is 44.7. The topological polar surface area (TPSA) is 69.6 Å². The molecule has 5 heteroatoms. The molecule has 0 radical (unpaired) electrons. The van der Waals surface area contributed by atoms with Gasteiger partial charge in [-0.05, 0) is 0 Å². The van der Waals surface area contributed by atoms with Crippen LogP contribution in [0.4, 0.5) is 4.79 Å². The van der Waals surface area contributed by atoms with Gasteiger partial charge in [-0.2, -0.15) is 0 Å². The first-order valence-corrected chi connectivity index (χ1v) is 3.54. The summed E-state index contributed by atoms with van der Waals surface area (Å²) in [5.74, 6) is 0. The van der Waals surface area contributed by atoms with E-state index in [4.69, 9.17) is 15.0 Å². The second kappa shape index (κ2) is 11.9. The molecule has 70 valence electrons. The molecule has 0 rings (SSSR count). The third-order valence-corrected chi connectivity index (χ3v) is 0.667. The van der Waals surface area contributed by atoms with Crippen molar-refractivity contribution in [3.63, 3.8) is 0 Å². The van der Waals surface area contributed by atoms with Crippen LogP contribution in [0.3, 0.4) is 0 Å². The molecule has 0 spiro atoms.